The molecule has 1 atom stereocenters. The van der Waals surface area contributed by atoms with E-state index in [0.717, 1.165) is 30.5 Å². The van der Waals surface area contributed by atoms with Crippen LogP contribution in [0.5, 0.6) is 0 Å². The van der Waals surface area contributed by atoms with E-state index in [-0.39, 0.29) is 5.78 Å². The van der Waals surface area contributed by atoms with Gasteiger partial charge in [-0.05, 0) is 50.3 Å². The summed E-state index contributed by atoms with van der Waals surface area (Å²) in [6, 6.07) is 1.91. The maximum Gasteiger partial charge on any atom is 0.178 e. The molecule has 1 saturated heterocycles. The molecule has 1 fully saturated rings. The maximum absolute atomic E-state index is 12.2. The van der Waals surface area contributed by atoms with E-state index in [9.17, 15) is 4.79 Å². The molecule has 1 aliphatic rings. The summed E-state index contributed by atoms with van der Waals surface area (Å²) < 4.78 is 1.93. The van der Waals surface area contributed by atoms with E-state index < -0.39 is 0 Å². The summed E-state index contributed by atoms with van der Waals surface area (Å²) in [6.45, 7) is 7.35. The summed E-state index contributed by atoms with van der Waals surface area (Å²) in [5, 5.41) is 0. The number of likely N-dealkylation sites (tertiary alicyclic amines) is 1. The Balaban J connectivity index is 1.87. The van der Waals surface area contributed by atoms with Crippen molar-refractivity contribution in [2.75, 3.05) is 19.6 Å². The number of hydrogen-bond acceptors (Lipinski definition) is 2. The van der Waals surface area contributed by atoms with Gasteiger partial charge in [-0.25, -0.2) is 0 Å². The minimum Gasteiger partial charge on any atom is -0.357 e. The molecule has 0 spiro atoms. The number of aromatic nitrogens is 1. The lowest BCUT2D eigenvalue weighted by atomic mass is 9.89. The third kappa shape index (κ3) is 3.93. The molecule has 0 radical (unpaired) electrons. The molecular weight excluding hydrogens is 236 g/mol. The summed E-state index contributed by atoms with van der Waals surface area (Å²) in [5.74, 6) is 1.85. The number of aryl methyl sites for hydroxylation is 1. The third-order valence-electron chi connectivity index (χ3n) is 4.33. The molecule has 3 nitrogen and oxygen atoms in total. The normalized spacial score (nSPS) is 21.6. The summed E-state index contributed by atoms with van der Waals surface area (Å²) in [7, 11) is 1.95. The highest BCUT2D eigenvalue weighted by Crippen LogP contribution is 2.24. The molecule has 0 saturated carbocycles. The standard InChI is InChI=1S/C16H26N2O/c1-13(2)14-5-4-8-18(10-7-14)12-16(19)15-6-9-17(3)11-15/h6,9,11,13-14H,4-5,7-8,10,12H2,1-3H3. The van der Waals surface area contributed by atoms with Crippen molar-refractivity contribution >= 4 is 5.78 Å². The lowest BCUT2D eigenvalue weighted by Crippen LogP contribution is -2.31. The number of rotatable bonds is 4. The van der Waals surface area contributed by atoms with E-state index in [4.69, 9.17) is 0 Å². The van der Waals surface area contributed by atoms with Gasteiger partial charge in [0.25, 0.3) is 0 Å². The Hall–Kier alpha value is -1.09. The highest BCUT2D eigenvalue weighted by atomic mass is 16.1. The first-order chi connectivity index (χ1) is 9.06. The Morgan fingerprint density at radius 1 is 1.37 bits per heavy atom. The number of carbonyl (C=O) groups is 1. The topological polar surface area (TPSA) is 25.2 Å². The van der Waals surface area contributed by atoms with E-state index in [2.05, 4.69) is 18.7 Å². The molecule has 0 aromatic carbocycles. The fraction of sp³-hybridized carbons (Fsp3) is 0.688. The Morgan fingerprint density at radius 2 is 2.16 bits per heavy atom. The van der Waals surface area contributed by atoms with Crippen LogP contribution < -0.4 is 0 Å². The van der Waals surface area contributed by atoms with Crippen molar-refractivity contribution in [2.24, 2.45) is 18.9 Å². The lowest BCUT2D eigenvalue weighted by molar-refractivity contribution is 0.0932. The molecule has 0 amide bonds. The number of carbonyl (C=O) groups excluding carboxylic acids is 1. The molecule has 106 valence electrons. The first kappa shape index (κ1) is 14.3. The van der Waals surface area contributed by atoms with Crippen LogP contribution in [0.2, 0.25) is 0 Å². The van der Waals surface area contributed by atoms with E-state index in [1.165, 1.54) is 19.3 Å². The van der Waals surface area contributed by atoms with Crippen molar-refractivity contribution in [1.82, 2.24) is 9.47 Å². The van der Waals surface area contributed by atoms with Crippen molar-refractivity contribution in [3.8, 4) is 0 Å². The first-order valence-corrected chi connectivity index (χ1v) is 7.44. The quantitative estimate of drug-likeness (QED) is 0.779. The van der Waals surface area contributed by atoms with Crippen LogP contribution in [0.4, 0.5) is 0 Å². The van der Waals surface area contributed by atoms with E-state index in [0.29, 0.717) is 6.54 Å². The third-order valence-corrected chi connectivity index (χ3v) is 4.33. The van der Waals surface area contributed by atoms with Gasteiger partial charge in [0.15, 0.2) is 5.78 Å². The lowest BCUT2D eigenvalue weighted by Gasteiger charge is -2.20. The molecule has 19 heavy (non-hydrogen) atoms. The summed E-state index contributed by atoms with van der Waals surface area (Å²) in [5.41, 5.74) is 0.840. The predicted molar refractivity (Wildman–Crippen MR) is 78.4 cm³/mol. The van der Waals surface area contributed by atoms with Crippen molar-refractivity contribution in [1.29, 1.82) is 0 Å². The minimum atomic E-state index is 0.253. The largest absolute Gasteiger partial charge is 0.357 e. The molecule has 0 aliphatic carbocycles. The molecule has 3 heteroatoms. The van der Waals surface area contributed by atoms with Crippen LogP contribution >= 0.6 is 0 Å². The second-order valence-electron chi connectivity index (χ2n) is 6.20. The number of nitrogens with zero attached hydrogens (tertiary/aromatic N) is 2. The zero-order chi connectivity index (χ0) is 13.8. The van der Waals surface area contributed by atoms with E-state index in [1.54, 1.807) is 0 Å². The van der Waals surface area contributed by atoms with Crippen molar-refractivity contribution in [3.63, 3.8) is 0 Å². The van der Waals surface area contributed by atoms with Crippen molar-refractivity contribution in [2.45, 2.75) is 33.1 Å². The van der Waals surface area contributed by atoms with E-state index >= 15 is 0 Å². The molecule has 0 bridgehead atoms. The second kappa shape index (κ2) is 6.38. The smallest absolute Gasteiger partial charge is 0.178 e. The highest BCUT2D eigenvalue weighted by molar-refractivity contribution is 5.97. The van der Waals surface area contributed by atoms with Crippen molar-refractivity contribution in [3.05, 3.63) is 24.0 Å². The highest BCUT2D eigenvalue weighted by Gasteiger charge is 2.21. The summed E-state index contributed by atoms with van der Waals surface area (Å²) in [6.07, 6.45) is 7.62. The van der Waals surface area contributed by atoms with Crippen molar-refractivity contribution < 1.29 is 4.79 Å². The van der Waals surface area contributed by atoms with Gasteiger partial charge >= 0.3 is 0 Å². The maximum atomic E-state index is 12.2. The average molecular weight is 262 g/mol. The van der Waals surface area contributed by atoms with Crippen LogP contribution in [0.15, 0.2) is 18.5 Å². The molecule has 1 aromatic rings. The molecule has 1 aromatic heterocycles. The van der Waals surface area contributed by atoms with Crippen LogP contribution in [0.1, 0.15) is 43.5 Å². The zero-order valence-electron chi connectivity index (χ0n) is 12.4. The minimum absolute atomic E-state index is 0.253. The van der Waals surface area contributed by atoms with Crippen LogP contribution in [0.25, 0.3) is 0 Å². The molecule has 2 rings (SSSR count). The number of ketones is 1. The van der Waals surface area contributed by atoms with Gasteiger partial charge in [-0.3, -0.25) is 9.69 Å². The zero-order valence-corrected chi connectivity index (χ0v) is 12.4. The van der Waals surface area contributed by atoms with Gasteiger partial charge in [-0.2, -0.15) is 0 Å². The average Bonchev–Trinajstić information content (AvgIpc) is 2.65. The SMILES string of the molecule is CC(C)C1CCCN(CC(=O)c2ccn(C)c2)CC1. The van der Waals surface area contributed by atoms with Gasteiger partial charge in [0.05, 0.1) is 6.54 Å². The van der Waals surface area contributed by atoms with Gasteiger partial charge in [-0.15, -0.1) is 0 Å². The van der Waals surface area contributed by atoms with E-state index in [1.807, 2.05) is 30.1 Å². The first-order valence-electron chi connectivity index (χ1n) is 7.44. The molecule has 0 N–H and O–H groups in total. The number of Topliss-reactive ketones (excluding diaryl/α,β-unsaturated/α-hetero) is 1. The van der Waals surface area contributed by atoms with Crippen LogP contribution in [-0.2, 0) is 7.05 Å². The Morgan fingerprint density at radius 3 is 2.79 bits per heavy atom. The summed E-state index contributed by atoms with van der Waals surface area (Å²) >= 11 is 0. The van der Waals surface area contributed by atoms with Crippen LogP contribution in [0, 0.1) is 11.8 Å². The summed E-state index contributed by atoms with van der Waals surface area (Å²) in [4.78, 5) is 14.5. The molecule has 1 unspecified atom stereocenters. The van der Waals surface area contributed by atoms with Crippen LogP contribution in [-0.4, -0.2) is 34.9 Å². The predicted octanol–water partition coefficient (Wildman–Crippen LogP) is 2.97. The molecule has 1 aliphatic heterocycles. The Kier molecular flexibility index (Phi) is 4.81. The Bertz CT molecular complexity index is 422. The van der Waals surface area contributed by atoms with Gasteiger partial charge < -0.3 is 4.57 Å². The second-order valence-corrected chi connectivity index (χ2v) is 6.20. The van der Waals surface area contributed by atoms with Gasteiger partial charge in [0.2, 0.25) is 0 Å². The fourth-order valence-corrected chi connectivity index (χ4v) is 2.97. The number of hydrogen-bond donors (Lipinski definition) is 0. The molecule has 2 heterocycles. The monoisotopic (exact) mass is 262 g/mol. The van der Waals surface area contributed by atoms with Gasteiger partial charge in [0.1, 0.15) is 0 Å². The van der Waals surface area contributed by atoms with Crippen LogP contribution in [0.3, 0.4) is 0 Å². The molecular formula is C16H26N2O. The Labute approximate surface area is 116 Å². The van der Waals surface area contributed by atoms with Gasteiger partial charge in [-0.1, -0.05) is 13.8 Å². The van der Waals surface area contributed by atoms with Gasteiger partial charge in [0, 0.05) is 25.0 Å². The fourth-order valence-electron chi connectivity index (χ4n) is 2.97.